The molecule has 0 saturated carbocycles. The van der Waals surface area contributed by atoms with E-state index in [9.17, 15) is 0 Å². The smallest absolute Gasteiger partial charge is 0.145 e. The maximum absolute atomic E-state index is 5.95. The third kappa shape index (κ3) is 2.12. The van der Waals surface area contributed by atoms with Crippen molar-refractivity contribution in [3.05, 3.63) is 29.3 Å². The standard InChI is InChI=1S/C11H12ClN3O/c1-2-16-10-4-3-7(12)5-8(10)9-6-11(13)15-14-9/h3-6H,2H2,1H3,(H3,13,14,15). The number of hydrogen-bond acceptors (Lipinski definition) is 3. The van der Waals surface area contributed by atoms with Crippen LogP contribution >= 0.6 is 11.6 Å². The van der Waals surface area contributed by atoms with E-state index in [1.54, 1.807) is 12.1 Å². The van der Waals surface area contributed by atoms with Gasteiger partial charge in [0.15, 0.2) is 0 Å². The zero-order valence-corrected chi connectivity index (χ0v) is 9.58. The van der Waals surface area contributed by atoms with Gasteiger partial charge in [0.05, 0.1) is 12.3 Å². The summed E-state index contributed by atoms with van der Waals surface area (Å²) in [5.74, 6) is 1.20. The summed E-state index contributed by atoms with van der Waals surface area (Å²) in [6.45, 7) is 2.53. The van der Waals surface area contributed by atoms with Crippen LogP contribution in [0, 0.1) is 0 Å². The van der Waals surface area contributed by atoms with Crippen LogP contribution in [0.15, 0.2) is 24.3 Å². The number of benzene rings is 1. The molecule has 2 aromatic rings. The number of halogens is 1. The molecule has 2 rings (SSSR count). The van der Waals surface area contributed by atoms with Crippen LogP contribution in [0.5, 0.6) is 5.75 Å². The SMILES string of the molecule is CCOc1ccc(Cl)cc1-c1cc(N)n[nH]1. The number of hydrogen-bond donors (Lipinski definition) is 2. The molecule has 0 amide bonds. The molecule has 4 nitrogen and oxygen atoms in total. The Kier molecular flexibility index (Phi) is 3.01. The second-order valence-corrected chi connectivity index (χ2v) is 3.72. The Bertz CT molecular complexity index is 496. The van der Waals surface area contributed by atoms with Crippen LogP contribution in [0.3, 0.4) is 0 Å². The van der Waals surface area contributed by atoms with E-state index < -0.39 is 0 Å². The first-order valence-electron chi connectivity index (χ1n) is 4.94. The maximum Gasteiger partial charge on any atom is 0.145 e. The van der Waals surface area contributed by atoms with Crippen molar-refractivity contribution in [3.63, 3.8) is 0 Å². The van der Waals surface area contributed by atoms with E-state index in [2.05, 4.69) is 10.2 Å². The largest absolute Gasteiger partial charge is 0.493 e. The van der Waals surface area contributed by atoms with Gasteiger partial charge in [0.1, 0.15) is 11.6 Å². The Balaban J connectivity index is 2.48. The van der Waals surface area contributed by atoms with Crippen molar-refractivity contribution in [1.82, 2.24) is 10.2 Å². The number of nitrogens with zero attached hydrogens (tertiary/aromatic N) is 1. The number of nitrogens with one attached hydrogen (secondary N) is 1. The molecule has 0 spiro atoms. The number of anilines is 1. The Morgan fingerprint density at radius 2 is 2.25 bits per heavy atom. The van der Waals surface area contributed by atoms with Crippen LogP contribution in [0.25, 0.3) is 11.3 Å². The van der Waals surface area contributed by atoms with Crippen LogP contribution in [0.4, 0.5) is 5.82 Å². The highest BCUT2D eigenvalue weighted by atomic mass is 35.5. The highest BCUT2D eigenvalue weighted by Gasteiger charge is 2.09. The van der Waals surface area contributed by atoms with E-state index in [1.165, 1.54) is 0 Å². The average molecular weight is 238 g/mol. The normalized spacial score (nSPS) is 10.4. The summed E-state index contributed by atoms with van der Waals surface area (Å²) in [6.07, 6.45) is 0. The van der Waals surface area contributed by atoms with Gasteiger partial charge in [-0.2, -0.15) is 5.10 Å². The molecule has 1 heterocycles. The third-order valence-electron chi connectivity index (χ3n) is 2.13. The summed E-state index contributed by atoms with van der Waals surface area (Å²) in [6, 6.07) is 7.18. The van der Waals surface area contributed by atoms with E-state index in [0.29, 0.717) is 17.4 Å². The lowest BCUT2D eigenvalue weighted by atomic mass is 10.1. The Morgan fingerprint density at radius 3 is 2.88 bits per heavy atom. The van der Waals surface area contributed by atoms with Gasteiger partial charge in [-0.1, -0.05) is 11.6 Å². The van der Waals surface area contributed by atoms with Gasteiger partial charge in [-0.05, 0) is 25.1 Å². The first-order valence-corrected chi connectivity index (χ1v) is 5.32. The number of H-pyrrole nitrogens is 1. The molecular weight excluding hydrogens is 226 g/mol. The van der Waals surface area contributed by atoms with Crippen LogP contribution in [-0.4, -0.2) is 16.8 Å². The fourth-order valence-electron chi connectivity index (χ4n) is 1.47. The quantitative estimate of drug-likeness (QED) is 0.863. The van der Waals surface area contributed by atoms with Crippen molar-refractivity contribution in [2.75, 3.05) is 12.3 Å². The molecule has 0 radical (unpaired) electrons. The predicted molar refractivity (Wildman–Crippen MR) is 64.6 cm³/mol. The molecule has 0 atom stereocenters. The molecule has 0 bridgehead atoms. The van der Waals surface area contributed by atoms with E-state index in [1.807, 2.05) is 19.1 Å². The molecule has 5 heteroatoms. The Hall–Kier alpha value is -1.68. The van der Waals surface area contributed by atoms with Crippen molar-refractivity contribution >= 4 is 17.4 Å². The molecule has 0 saturated heterocycles. The summed E-state index contributed by atoms with van der Waals surface area (Å²) in [5.41, 5.74) is 7.22. The molecule has 1 aromatic carbocycles. The van der Waals surface area contributed by atoms with Crippen molar-refractivity contribution in [3.8, 4) is 17.0 Å². The van der Waals surface area contributed by atoms with Gasteiger partial charge in [-0.25, -0.2) is 0 Å². The lowest BCUT2D eigenvalue weighted by molar-refractivity contribution is 0.341. The second-order valence-electron chi connectivity index (χ2n) is 3.28. The van der Waals surface area contributed by atoms with Gasteiger partial charge in [-0.15, -0.1) is 0 Å². The topological polar surface area (TPSA) is 63.9 Å². The van der Waals surface area contributed by atoms with Crippen LogP contribution in [0.2, 0.25) is 5.02 Å². The number of aromatic nitrogens is 2. The Morgan fingerprint density at radius 1 is 1.44 bits per heavy atom. The summed E-state index contributed by atoms with van der Waals surface area (Å²) in [5, 5.41) is 7.36. The van der Waals surface area contributed by atoms with E-state index >= 15 is 0 Å². The highest BCUT2D eigenvalue weighted by Crippen LogP contribution is 2.32. The first-order chi connectivity index (χ1) is 7.70. The minimum absolute atomic E-state index is 0.442. The molecule has 84 valence electrons. The number of aromatic amines is 1. The zero-order chi connectivity index (χ0) is 11.5. The van der Waals surface area contributed by atoms with E-state index in [4.69, 9.17) is 22.1 Å². The molecule has 0 aliphatic heterocycles. The lowest BCUT2D eigenvalue weighted by Crippen LogP contribution is -1.94. The van der Waals surface area contributed by atoms with E-state index in [-0.39, 0.29) is 0 Å². The number of rotatable bonds is 3. The summed E-state index contributed by atoms with van der Waals surface area (Å²) >= 11 is 5.95. The first kappa shape index (κ1) is 10.8. The predicted octanol–water partition coefficient (Wildman–Crippen LogP) is 2.71. The number of ether oxygens (including phenoxy) is 1. The molecule has 0 unspecified atom stereocenters. The summed E-state index contributed by atoms with van der Waals surface area (Å²) in [7, 11) is 0. The van der Waals surface area contributed by atoms with Gasteiger partial charge in [0, 0.05) is 16.7 Å². The third-order valence-corrected chi connectivity index (χ3v) is 2.36. The lowest BCUT2D eigenvalue weighted by Gasteiger charge is -2.08. The minimum Gasteiger partial charge on any atom is -0.493 e. The molecule has 1 aromatic heterocycles. The average Bonchev–Trinajstić information content (AvgIpc) is 2.68. The van der Waals surface area contributed by atoms with Gasteiger partial charge in [-0.3, -0.25) is 5.10 Å². The summed E-state index contributed by atoms with van der Waals surface area (Å²) in [4.78, 5) is 0. The van der Waals surface area contributed by atoms with Gasteiger partial charge < -0.3 is 10.5 Å². The fourth-order valence-corrected chi connectivity index (χ4v) is 1.64. The molecule has 0 aliphatic carbocycles. The van der Waals surface area contributed by atoms with Crippen molar-refractivity contribution in [1.29, 1.82) is 0 Å². The molecule has 0 aliphatic rings. The fraction of sp³-hybridized carbons (Fsp3) is 0.182. The molecule has 16 heavy (non-hydrogen) atoms. The maximum atomic E-state index is 5.95. The number of nitrogen functional groups attached to an aromatic ring is 1. The monoisotopic (exact) mass is 237 g/mol. The molecule has 0 fully saturated rings. The molecule has 3 N–H and O–H groups in total. The van der Waals surface area contributed by atoms with Crippen molar-refractivity contribution in [2.45, 2.75) is 6.92 Å². The van der Waals surface area contributed by atoms with Crippen molar-refractivity contribution in [2.24, 2.45) is 0 Å². The van der Waals surface area contributed by atoms with Gasteiger partial charge in [0.2, 0.25) is 0 Å². The second kappa shape index (κ2) is 4.45. The van der Waals surface area contributed by atoms with Gasteiger partial charge in [0.25, 0.3) is 0 Å². The van der Waals surface area contributed by atoms with Crippen molar-refractivity contribution < 1.29 is 4.74 Å². The van der Waals surface area contributed by atoms with Gasteiger partial charge >= 0.3 is 0 Å². The minimum atomic E-state index is 0.442. The molecular formula is C11H12ClN3O. The van der Waals surface area contributed by atoms with Crippen LogP contribution in [-0.2, 0) is 0 Å². The van der Waals surface area contributed by atoms with Crippen LogP contribution in [0.1, 0.15) is 6.92 Å². The summed E-state index contributed by atoms with van der Waals surface area (Å²) < 4.78 is 5.51. The van der Waals surface area contributed by atoms with E-state index in [0.717, 1.165) is 17.0 Å². The number of nitrogens with two attached hydrogens (primary N) is 1. The Labute approximate surface area is 98.4 Å². The van der Waals surface area contributed by atoms with Crippen LogP contribution < -0.4 is 10.5 Å². The highest BCUT2D eigenvalue weighted by molar-refractivity contribution is 6.30. The zero-order valence-electron chi connectivity index (χ0n) is 8.83.